The number of nitrogens with one attached hydrogen (secondary N) is 1. The minimum atomic E-state index is -2.87. The predicted molar refractivity (Wildman–Crippen MR) is 69.4 cm³/mol. The highest BCUT2D eigenvalue weighted by molar-refractivity contribution is 6.01. The van der Waals surface area contributed by atoms with Crippen LogP contribution in [-0.2, 0) is 4.79 Å². The number of carbonyl (C=O) groups is 1. The smallest absolute Gasteiger partial charge is 0.387 e. The van der Waals surface area contributed by atoms with Gasteiger partial charge in [0.05, 0.1) is 6.26 Å². The molecular formula is C14H11F2NO3. The third-order valence-corrected chi connectivity index (χ3v) is 2.29. The second-order valence-corrected chi connectivity index (χ2v) is 3.74. The quantitative estimate of drug-likeness (QED) is 0.852. The van der Waals surface area contributed by atoms with Crippen LogP contribution in [0.5, 0.6) is 5.75 Å². The van der Waals surface area contributed by atoms with Crippen LogP contribution in [0.25, 0.3) is 6.08 Å². The van der Waals surface area contributed by atoms with Crippen LogP contribution in [0.4, 0.5) is 14.5 Å². The van der Waals surface area contributed by atoms with Crippen LogP contribution in [0.2, 0.25) is 0 Å². The molecule has 0 atom stereocenters. The van der Waals surface area contributed by atoms with Crippen molar-refractivity contribution in [1.82, 2.24) is 0 Å². The molecule has 4 nitrogen and oxygen atoms in total. The Kier molecular flexibility index (Phi) is 4.49. The molecule has 0 unspecified atom stereocenters. The van der Waals surface area contributed by atoms with Gasteiger partial charge in [0.15, 0.2) is 0 Å². The third-order valence-electron chi connectivity index (χ3n) is 2.29. The Morgan fingerprint density at radius 2 is 2.00 bits per heavy atom. The Hall–Kier alpha value is -2.63. The van der Waals surface area contributed by atoms with Crippen molar-refractivity contribution in [2.24, 2.45) is 0 Å². The molecule has 20 heavy (non-hydrogen) atoms. The van der Waals surface area contributed by atoms with Gasteiger partial charge in [-0.3, -0.25) is 4.79 Å². The van der Waals surface area contributed by atoms with Gasteiger partial charge in [0.1, 0.15) is 11.5 Å². The zero-order chi connectivity index (χ0) is 14.4. The van der Waals surface area contributed by atoms with Gasteiger partial charge in [-0.1, -0.05) is 0 Å². The summed E-state index contributed by atoms with van der Waals surface area (Å²) in [6, 6.07) is 9.04. The van der Waals surface area contributed by atoms with E-state index in [4.69, 9.17) is 4.42 Å². The van der Waals surface area contributed by atoms with Crippen molar-refractivity contribution >= 4 is 17.7 Å². The lowest BCUT2D eigenvalue weighted by atomic mass is 10.3. The summed E-state index contributed by atoms with van der Waals surface area (Å²) in [6.07, 6.45) is 4.32. The molecule has 0 aliphatic carbocycles. The van der Waals surface area contributed by atoms with Gasteiger partial charge in [-0.25, -0.2) is 0 Å². The molecule has 0 bridgehead atoms. The third kappa shape index (κ3) is 4.24. The highest BCUT2D eigenvalue weighted by atomic mass is 19.3. The summed E-state index contributed by atoms with van der Waals surface area (Å²) in [7, 11) is 0. The van der Waals surface area contributed by atoms with Crippen molar-refractivity contribution in [1.29, 1.82) is 0 Å². The molecular weight excluding hydrogens is 268 g/mol. The van der Waals surface area contributed by atoms with E-state index in [9.17, 15) is 13.6 Å². The molecule has 0 saturated carbocycles. The van der Waals surface area contributed by atoms with E-state index in [1.807, 2.05) is 0 Å². The molecule has 1 amide bonds. The summed E-state index contributed by atoms with van der Waals surface area (Å²) in [4.78, 5) is 11.6. The summed E-state index contributed by atoms with van der Waals surface area (Å²) < 4.78 is 33.1. The van der Waals surface area contributed by atoms with Crippen molar-refractivity contribution in [3.05, 3.63) is 54.5 Å². The lowest BCUT2D eigenvalue weighted by Gasteiger charge is -2.06. The predicted octanol–water partition coefficient (Wildman–Crippen LogP) is 3.53. The average molecular weight is 279 g/mol. The fraction of sp³-hybridized carbons (Fsp3) is 0.0714. The van der Waals surface area contributed by atoms with Crippen molar-refractivity contribution in [2.75, 3.05) is 5.32 Å². The normalized spacial score (nSPS) is 10.9. The Balaban J connectivity index is 1.91. The minimum absolute atomic E-state index is 0.0316. The van der Waals surface area contributed by atoms with Crippen molar-refractivity contribution in [2.45, 2.75) is 6.61 Å². The lowest BCUT2D eigenvalue weighted by Crippen LogP contribution is -2.07. The number of anilines is 1. The number of halogens is 2. The first-order valence-corrected chi connectivity index (χ1v) is 5.71. The van der Waals surface area contributed by atoms with E-state index in [1.54, 1.807) is 12.1 Å². The number of rotatable bonds is 5. The van der Waals surface area contributed by atoms with Gasteiger partial charge in [-0.2, -0.15) is 8.78 Å². The largest absolute Gasteiger partial charge is 0.465 e. The molecule has 0 aliphatic rings. The molecule has 0 radical (unpaired) electrons. The Bertz CT molecular complexity index is 577. The highest BCUT2D eigenvalue weighted by Gasteiger charge is 2.04. The van der Waals surface area contributed by atoms with Crippen LogP contribution in [-0.4, -0.2) is 12.5 Å². The number of benzene rings is 1. The Morgan fingerprint density at radius 3 is 2.60 bits per heavy atom. The first-order valence-electron chi connectivity index (χ1n) is 5.71. The Labute approximate surface area is 113 Å². The maximum Gasteiger partial charge on any atom is 0.387 e. The fourth-order valence-electron chi connectivity index (χ4n) is 1.45. The van der Waals surface area contributed by atoms with Crippen LogP contribution >= 0.6 is 0 Å². The lowest BCUT2D eigenvalue weighted by molar-refractivity contribution is -0.111. The first kappa shape index (κ1) is 13.8. The van der Waals surface area contributed by atoms with Crippen molar-refractivity contribution in [3.8, 4) is 5.75 Å². The standard InChI is InChI=1S/C14H11F2NO3/c15-14(16)20-12-5-3-10(4-6-12)17-13(18)8-7-11-2-1-9-19-11/h1-9,14H,(H,17,18)/b8-7+. The zero-order valence-corrected chi connectivity index (χ0v) is 10.3. The van der Waals surface area contributed by atoms with E-state index in [-0.39, 0.29) is 11.7 Å². The van der Waals surface area contributed by atoms with Gasteiger partial charge >= 0.3 is 6.61 Å². The number of ether oxygens (including phenoxy) is 1. The second-order valence-electron chi connectivity index (χ2n) is 3.74. The molecule has 0 fully saturated rings. The van der Waals surface area contributed by atoms with Crippen LogP contribution in [0.3, 0.4) is 0 Å². The van der Waals surface area contributed by atoms with Crippen LogP contribution in [0.15, 0.2) is 53.2 Å². The van der Waals surface area contributed by atoms with E-state index < -0.39 is 6.61 Å². The molecule has 1 heterocycles. The number of furan rings is 1. The van der Waals surface area contributed by atoms with Crippen molar-refractivity contribution < 1.29 is 22.7 Å². The van der Waals surface area contributed by atoms with Gasteiger partial charge in [0.25, 0.3) is 0 Å². The van der Waals surface area contributed by atoms with E-state index in [0.29, 0.717) is 11.4 Å². The minimum Gasteiger partial charge on any atom is -0.465 e. The van der Waals surface area contributed by atoms with Gasteiger partial charge in [0, 0.05) is 11.8 Å². The maximum absolute atomic E-state index is 12.0. The molecule has 2 aromatic rings. The summed E-state index contributed by atoms with van der Waals surface area (Å²) in [5.74, 6) is 0.230. The second kappa shape index (κ2) is 6.51. The molecule has 1 aromatic carbocycles. The fourth-order valence-corrected chi connectivity index (χ4v) is 1.45. The van der Waals surface area contributed by atoms with Gasteiger partial charge in [-0.05, 0) is 42.5 Å². The van der Waals surface area contributed by atoms with Gasteiger partial charge in [-0.15, -0.1) is 0 Å². The summed E-state index contributed by atoms with van der Waals surface area (Å²) in [6.45, 7) is -2.87. The summed E-state index contributed by atoms with van der Waals surface area (Å²) in [5, 5.41) is 2.57. The Morgan fingerprint density at radius 1 is 1.25 bits per heavy atom. The summed E-state index contributed by atoms with van der Waals surface area (Å²) >= 11 is 0. The van der Waals surface area contributed by atoms with Crippen LogP contribution in [0.1, 0.15) is 5.76 Å². The SMILES string of the molecule is O=C(/C=C/c1ccco1)Nc1ccc(OC(F)F)cc1. The average Bonchev–Trinajstić information content (AvgIpc) is 2.91. The molecule has 1 aromatic heterocycles. The van der Waals surface area contributed by atoms with E-state index in [0.717, 1.165) is 0 Å². The molecule has 104 valence electrons. The monoisotopic (exact) mass is 279 g/mol. The van der Waals surface area contributed by atoms with E-state index in [1.165, 1.54) is 42.7 Å². The molecule has 0 aliphatic heterocycles. The molecule has 1 N–H and O–H groups in total. The van der Waals surface area contributed by atoms with E-state index >= 15 is 0 Å². The number of carbonyl (C=O) groups excluding carboxylic acids is 1. The van der Waals surface area contributed by atoms with Gasteiger partial charge in [0.2, 0.25) is 5.91 Å². The topological polar surface area (TPSA) is 51.5 Å². The maximum atomic E-state index is 12.0. The number of hydrogen-bond acceptors (Lipinski definition) is 3. The van der Waals surface area contributed by atoms with Gasteiger partial charge < -0.3 is 14.5 Å². The van der Waals surface area contributed by atoms with Crippen molar-refractivity contribution in [3.63, 3.8) is 0 Å². The molecule has 0 spiro atoms. The molecule has 6 heteroatoms. The molecule has 2 rings (SSSR count). The van der Waals surface area contributed by atoms with Crippen LogP contribution in [0, 0.1) is 0 Å². The highest BCUT2D eigenvalue weighted by Crippen LogP contribution is 2.17. The van der Waals surface area contributed by atoms with E-state index in [2.05, 4.69) is 10.1 Å². The zero-order valence-electron chi connectivity index (χ0n) is 10.3. The summed E-state index contributed by atoms with van der Waals surface area (Å²) in [5.41, 5.74) is 0.473. The van der Waals surface area contributed by atoms with Crippen LogP contribution < -0.4 is 10.1 Å². The number of amides is 1. The molecule has 0 saturated heterocycles. The number of alkyl halides is 2. The number of hydrogen-bond donors (Lipinski definition) is 1. The first-order chi connectivity index (χ1) is 9.63.